The van der Waals surface area contributed by atoms with Crippen LogP contribution in [-0.4, -0.2) is 91.4 Å². The van der Waals surface area contributed by atoms with Gasteiger partial charge >= 0.3 is 0 Å². The fraction of sp³-hybridized carbons (Fsp3) is 0.378. The number of piperazine rings is 1. The maximum absolute atomic E-state index is 15.1. The number of hydrogen-bond acceptors (Lipinski definition) is 12. The third-order valence-electron chi connectivity index (χ3n) is 10.9. The molecule has 5 heterocycles. The molecule has 1 saturated heterocycles. The Morgan fingerprint density at radius 2 is 1.60 bits per heavy atom. The van der Waals surface area contributed by atoms with Crippen LogP contribution in [0.1, 0.15) is 78.7 Å². The number of unbranched alkanes of at least 4 members (excludes halogenated alkanes) is 3. The second-order valence-electron chi connectivity index (χ2n) is 15.9. The maximum Gasteiger partial charge on any atom is 0.259 e. The van der Waals surface area contributed by atoms with Crippen LogP contribution in [0.3, 0.4) is 0 Å². The number of nitrogens with one attached hydrogen (secondary N) is 4. The molecule has 0 saturated carbocycles. The molecule has 0 aliphatic carbocycles. The number of hydrogen-bond donors (Lipinski definition) is 4. The number of fused-ring (bicyclic) bond motifs is 1. The first-order chi connectivity index (χ1) is 30.3. The Hall–Kier alpha value is -6.40. The van der Waals surface area contributed by atoms with Crippen molar-refractivity contribution in [3.63, 3.8) is 0 Å². The number of aryl methyl sites for hydroxylation is 3. The van der Waals surface area contributed by atoms with E-state index in [2.05, 4.69) is 56.0 Å². The third kappa shape index (κ3) is 11.2. The fourth-order valence-electron chi connectivity index (χ4n) is 7.56. The summed E-state index contributed by atoms with van der Waals surface area (Å²) in [7, 11) is 0. The topological polar surface area (TPSA) is 175 Å². The van der Waals surface area contributed by atoms with Crippen LogP contribution in [0, 0.1) is 32.4 Å². The smallest absolute Gasteiger partial charge is 0.259 e. The minimum absolute atomic E-state index is 0.0168. The van der Waals surface area contributed by atoms with Gasteiger partial charge in [0, 0.05) is 55.6 Å². The molecule has 1 aliphatic rings. The van der Waals surface area contributed by atoms with E-state index < -0.39 is 11.6 Å². The molecule has 0 atom stereocenters. The molecule has 18 heteroatoms. The Morgan fingerprint density at radius 1 is 0.825 bits per heavy atom. The predicted molar refractivity (Wildman–Crippen MR) is 243 cm³/mol. The molecule has 4 aromatic heterocycles. The number of benzene rings is 2. The number of nitrogens with zero attached hydrogens (tertiary/aromatic N) is 8. The van der Waals surface area contributed by atoms with E-state index >= 15 is 8.78 Å². The summed E-state index contributed by atoms with van der Waals surface area (Å²) in [6.45, 7) is 13.4. The van der Waals surface area contributed by atoms with Crippen LogP contribution in [0.5, 0.6) is 0 Å². The van der Waals surface area contributed by atoms with E-state index in [4.69, 9.17) is 0 Å². The molecule has 6 aromatic rings. The van der Waals surface area contributed by atoms with Gasteiger partial charge in [-0.15, -0.1) is 11.3 Å². The minimum atomic E-state index is -0.680. The first-order valence-corrected chi connectivity index (χ1v) is 22.0. The number of anilines is 5. The van der Waals surface area contributed by atoms with Crippen LogP contribution < -0.4 is 26.2 Å². The zero-order valence-corrected chi connectivity index (χ0v) is 36.9. The highest BCUT2D eigenvalue weighted by molar-refractivity contribution is 7.15. The second-order valence-corrected chi connectivity index (χ2v) is 17.1. The lowest BCUT2D eigenvalue weighted by Crippen LogP contribution is -2.49. The number of rotatable bonds is 17. The van der Waals surface area contributed by atoms with Gasteiger partial charge in [0.2, 0.25) is 17.8 Å². The molecule has 1 fully saturated rings. The van der Waals surface area contributed by atoms with Gasteiger partial charge in [-0.05, 0) is 83.9 Å². The number of carbonyl (C=O) groups excluding carboxylic acids is 3. The van der Waals surface area contributed by atoms with E-state index in [-0.39, 0.29) is 46.5 Å². The average Bonchev–Trinajstić information content (AvgIpc) is 3.77. The van der Waals surface area contributed by atoms with E-state index in [9.17, 15) is 14.4 Å². The highest BCUT2D eigenvalue weighted by Gasteiger charge is 2.22. The standard InChI is InChI=1S/C45H52F2N12O3S/c1-27(2)59-30(5)52-42-34(46)22-31(23-37(42)59)41-35(47)25-50-44(55-41)54-38-16-15-32(24-49-38)58-20-18-57(19-21-58)26-40(61)48-17-11-7-6-8-14-39(60)53-36-13-10-9-12-33(36)43(62)56-45-51-28(3)29(4)63-45/h9-10,12-13,15-16,22-25,27H,6-8,11,14,17-21,26H2,1-5H3,(H,48,61)(H,53,60)(H,51,56,62)(H,49,50,54,55). The van der Waals surface area contributed by atoms with Gasteiger partial charge in [0.05, 0.1) is 47.1 Å². The Kier molecular flexibility index (Phi) is 14.3. The van der Waals surface area contributed by atoms with Crippen molar-refractivity contribution < 1.29 is 23.2 Å². The normalized spacial score (nSPS) is 13.1. The molecule has 3 amide bonds. The molecule has 2 aromatic carbocycles. The molecular weight excluding hydrogens is 827 g/mol. The van der Waals surface area contributed by atoms with Crippen molar-refractivity contribution in [3.05, 3.63) is 94.5 Å². The monoisotopic (exact) mass is 878 g/mol. The average molecular weight is 879 g/mol. The Morgan fingerprint density at radius 3 is 2.33 bits per heavy atom. The van der Waals surface area contributed by atoms with E-state index in [0.29, 0.717) is 72.6 Å². The third-order valence-corrected chi connectivity index (χ3v) is 11.9. The first-order valence-electron chi connectivity index (χ1n) is 21.1. The van der Waals surface area contributed by atoms with E-state index in [1.54, 1.807) is 42.6 Å². The summed E-state index contributed by atoms with van der Waals surface area (Å²) in [5.74, 6) is -0.483. The van der Waals surface area contributed by atoms with Gasteiger partial charge in [-0.1, -0.05) is 25.0 Å². The molecule has 0 bridgehead atoms. The quantitative estimate of drug-likeness (QED) is 0.0655. The molecule has 0 unspecified atom stereocenters. The van der Waals surface area contributed by atoms with Crippen LogP contribution in [0.15, 0.2) is 60.9 Å². The number of aromatic nitrogens is 6. The van der Waals surface area contributed by atoms with Crippen LogP contribution >= 0.6 is 11.3 Å². The summed E-state index contributed by atoms with van der Waals surface area (Å²) in [5, 5.41) is 12.3. The Bertz CT molecular complexity index is 2570. The van der Waals surface area contributed by atoms with E-state index in [0.717, 1.165) is 54.8 Å². The fourth-order valence-corrected chi connectivity index (χ4v) is 8.37. The van der Waals surface area contributed by atoms with Gasteiger partial charge in [0.25, 0.3) is 5.91 Å². The van der Waals surface area contributed by atoms with Crippen molar-refractivity contribution in [2.45, 2.75) is 72.8 Å². The molecular formula is C45H52F2N12O3S. The zero-order chi connectivity index (χ0) is 44.6. The zero-order valence-electron chi connectivity index (χ0n) is 36.1. The molecule has 0 spiro atoms. The lowest BCUT2D eigenvalue weighted by Gasteiger charge is -2.35. The van der Waals surface area contributed by atoms with Gasteiger partial charge < -0.3 is 25.4 Å². The number of amides is 3. The first kappa shape index (κ1) is 44.6. The number of halogens is 2. The van der Waals surface area contributed by atoms with Crippen LogP contribution in [0.4, 0.5) is 37.1 Å². The summed E-state index contributed by atoms with van der Waals surface area (Å²) in [6, 6.07) is 13.6. The Labute approximate surface area is 368 Å². The number of thiazole rings is 1. The van der Waals surface area contributed by atoms with Crippen molar-refractivity contribution >= 4 is 68.4 Å². The molecule has 7 rings (SSSR count). The van der Waals surface area contributed by atoms with Gasteiger partial charge in [-0.2, -0.15) is 0 Å². The minimum Gasteiger partial charge on any atom is -0.368 e. The lowest BCUT2D eigenvalue weighted by atomic mass is 10.1. The highest BCUT2D eigenvalue weighted by Crippen LogP contribution is 2.31. The van der Waals surface area contributed by atoms with Crippen LogP contribution in [-0.2, 0) is 9.59 Å². The van der Waals surface area contributed by atoms with Crippen molar-refractivity contribution in [2.24, 2.45) is 0 Å². The molecule has 330 valence electrons. The number of pyridine rings is 1. The van der Waals surface area contributed by atoms with Gasteiger partial charge in [-0.25, -0.2) is 33.7 Å². The van der Waals surface area contributed by atoms with Crippen LogP contribution in [0.25, 0.3) is 22.3 Å². The molecule has 15 nitrogen and oxygen atoms in total. The molecule has 4 N–H and O–H groups in total. The maximum atomic E-state index is 15.1. The summed E-state index contributed by atoms with van der Waals surface area (Å²) in [6.07, 6.45) is 6.36. The van der Waals surface area contributed by atoms with Crippen molar-refractivity contribution in [3.8, 4) is 11.3 Å². The van der Waals surface area contributed by atoms with Crippen molar-refractivity contribution in [1.82, 2.24) is 39.7 Å². The summed E-state index contributed by atoms with van der Waals surface area (Å²) < 4.78 is 32.1. The summed E-state index contributed by atoms with van der Waals surface area (Å²) in [5.41, 5.74) is 3.66. The predicted octanol–water partition coefficient (Wildman–Crippen LogP) is 7.95. The van der Waals surface area contributed by atoms with Crippen molar-refractivity contribution in [2.75, 3.05) is 60.1 Å². The van der Waals surface area contributed by atoms with Crippen LogP contribution in [0.2, 0.25) is 0 Å². The highest BCUT2D eigenvalue weighted by atomic mass is 32.1. The number of para-hydroxylation sites is 1. The van der Waals surface area contributed by atoms with Crippen molar-refractivity contribution in [1.29, 1.82) is 0 Å². The molecule has 0 radical (unpaired) electrons. The summed E-state index contributed by atoms with van der Waals surface area (Å²) >= 11 is 1.41. The van der Waals surface area contributed by atoms with Gasteiger partial charge in [0.15, 0.2) is 16.8 Å². The van der Waals surface area contributed by atoms with E-state index in [1.807, 2.05) is 45.3 Å². The van der Waals surface area contributed by atoms with E-state index in [1.165, 1.54) is 17.4 Å². The Balaban J connectivity index is 0.790. The molecule has 1 aliphatic heterocycles. The van der Waals surface area contributed by atoms with Gasteiger partial charge in [0.1, 0.15) is 22.9 Å². The number of carbonyl (C=O) groups is 3. The number of imidazole rings is 1. The summed E-state index contributed by atoms with van der Waals surface area (Å²) in [4.78, 5) is 65.4. The molecule has 63 heavy (non-hydrogen) atoms. The lowest BCUT2D eigenvalue weighted by molar-refractivity contribution is -0.122. The second kappa shape index (κ2) is 20.2. The largest absolute Gasteiger partial charge is 0.368 e. The SMILES string of the molecule is Cc1nc(NC(=O)c2ccccc2NC(=O)CCCCCCNC(=O)CN2CCN(c3ccc(Nc4ncc(F)c(-c5cc(F)c6nc(C)n(C(C)C)c6c5)n4)nc3)CC2)sc1C. The van der Waals surface area contributed by atoms with Gasteiger partial charge in [-0.3, -0.25) is 24.6 Å².